The Balaban J connectivity index is 1.44. The van der Waals surface area contributed by atoms with Crippen molar-refractivity contribution in [2.45, 2.75) is 18.9 Å². The summed E-state index contributed by atoms with van der Waals surface area (Å²) in [5.74, 6) is 0.0923. The summed E-state index contributed by atoms with van der Waals surface area (Å²) in [6, 6.07) is 8.15. The predicted octanol–water partition coefficient (Wildman–Crippen LogP) is 3.35. The van der Waals surface area contributed by atoms with E-state index in [4.69, 9.17) is 22.1 Å². The lowest BCUT2D eigenvalue weighted by molar-refractivity contribution is -0.122. The Morgan fingerprint density at radius 3 is 2.69 bits per heavy atom. The molecule has 1 amide bonds. The number of nitrogens with one attached hydrogen (secondary N) is 2. The van der Waals surface area contributed by atoms with Crippen molar-refractivity contribution < 1.29 is 9.53 Å². The van der Waals surface area contributed by atoms with Crippen molar-refractivity contribution in [3.05, 3.63) is 47.6 Å². The highest BCUT2D eigenvalue weighted by Gasteiger charge is 2.28. The number of H-pyrrole nitrogens is 1. The van der Waals surface area contributed by atoms with Gasteiger partial charge in [0.05, 0.1) is 36.0 Å². The Morgan fingerprint density at radius 2 is 1.94 bits per heavy atom. The molecule has 2 atom stereocenters. The molecule has 0 saturated carbocycles. The number of fused-ring (bicyclic) bond motifs is 1. The molecule has 1 aliphatic carbocycles. The lowest BCUT2D eigenvalue weighted by Crippen LogP contribution is -2.39. The van der Waals surface area contributed by atoms with Crippen molar-refractivity contribution in [2.75, 3.05) is 36.5 Å². The minimum Gasteiger partial charge on any atom is -0.378 e. The number of halogens is 1. The topological polar surface area (TPSA) is 109 Å². The van der Waals surface area contributed by atoms with Gasteiger partial charge in [-0.2, -0.15) is 0 Å². The number of nitrogens with two attached hydrogens (primary N) is 1. The van der Waals surface area contributed by atoms with Crippen molar-refractivity contribution >= 4 is 40.0 Å². The molecule has 2 aliphatic rings. The zero-order chi connectivity index (χ0) is 22.1. The van der Waals surface area contributed by atoms with Crippen LogP contribution in [0, 0.1) is 5.92 Å². The average molecular weight is 453 g/mol. The third kappa shape index (κ3) is 4.03. The van der Waals surface area contributed by atoms with Gasteiger partial charge < -0.3 is 25.7 Å². The van der Waals surface area contributed by atoms with Crippen molar-refractivity contribution in [3.63, 3.8) is 0 Å². The largest absolute Gasteiger partial charge is 0.378 e. The lowest BCUT2D eigenvalue weighted by atomic mass is 9.88. The zero-order valence-corrected chi connectivity index (χ0v) is 18.3. The number of morpholine rings is 1. The van der Waals surface area contributed by atoms with Crippen LogP contribution < -0.4 is 16.0 Å². The number of rotatable bonds is 5. The van der Waals surface area contributed by atoms with Gasteiger partial charge in [-0.05, 0) is 37.1 Å². The summed E-state index contributed by atoms with van der Waals surface area (Å²) in [6.45, 7) is 3.29. The fraction of sp³-hybridized carbons (Fsp3) is 0.348. The second kappa shape index (κ2) is 8.80. The number of aromatic amines is 1. The maximum absolute atomic E-state index is 11.9. The van der Waals surface area contributed by atoms with Crippen LogP contribution in [-0.2, 0) is 9.53 Å². The first-order chi connectivity index (χ1) is 15.6. The van der Waals surface area contributed by atoms with Crippen molar-refractivity contribution in [2.24, 2.45) is 11.7 Å². The van der Waals surface area contributed by atoms with E-state index in [1.54, 1.807) is 6.20 Å². The number of nitrogens with zero attached hydrogens (tertiary/aromatic N) is 3. The molecule has 0 bridgehead atoms. The first-order valence-electron chi connectivity index (χ1n) is 10.8. The van der Waals surface area contributed by atoms with Gasteiger partial charge >= 0.3 is 0 Å². The molecule has 1 saturated heterocycles. The van der Waals surface area contributed by atoms with E-state index in [-0.39, 0.29) is 17.9 Å². The molecule has 32 heavy (non-hydrogen) atoms. The Labute approximate surface area is 190 Å². The maximum atomic E-state index is 11.9. The number of pyridine rings is 1. The number of carbonyl (C=O) groups is 1. The van der Waals surface area contributed by atoms with Crippen molar-refractivity contribution in [1.82, 2.24) is 15.0 Å². The summed E-state index contributed by atoms with van der Waals surface area (Å²) in [5, 5.41) is 3.89. The lowest BCUT2D eigenvalue weighted by Gasteiger charge is -2.28. The van der Waals surface area contributed by atoms with Gasteiger partial charge in [0.25, 0.3) is 0 Å². The van der Waals surface area contributed by atoms with E-state index in [0.29, 0.717) is 40.5 Å². The standard InChI is InChI=1S/C23H25ClN6O2/c24-17-13-26-23-20(19(17)27-18-4-2-1-3-16(18)21(25)31)28-22(29-23)14-5-7-15(8-6-14)30-9-11-32-12-10-30/h1-2,5-8,13,16,18H,3-4,9-12H2,(H2,25,31)(H2,26,27,28,29). The normalized spacial score (nSPS) is 21.1. The molecule has 2 aromatic heterocycles. The molecular weight excluding hydrogens is 428 g/mol. The monoisotopic (exact) mass is 452 g/mol. The molecule has 1 fully saturated rings. The molecule has 0 radical (unpaired) electrons. The minimum atomic E-state index is -0.320. The number of anilines is 2. The SMILES string of the molecule is NC(=O)C1CC=CCC1Nc1c(Cl)cnc2nc(-c3ccc(N4CCOCC4)cc3)[nH]c12. The van der Waals surface area contributed by atoms with Crippen LogP contribution in [-0.4, -0.2) is 53.2 Å². The highest BCUT2D eigenvalue weighted by molar-refractivity contribution is 6.34. The molecule has 8 nitrogen and oxygen atoms in total. The number of allylic oxidation sites excluding steroid dienone is 1. The third-order valence-electron chi connectivity index (χ3n) is 6.12. The van der Waals surface area contributed by atoms with Gasteiger partial charge in [0, 0.05) is 30.4 Å². The van der Waals surface area contributed by atoms with Gasteiger partial charge in [-0.1, -0.05) is 23.8 Å². The highest BCUT2D eigenvalue weighted by atomic mass is 35.5. The van der Waals surface area contributed by atoms with Crippen LogP contribution in [0.2, 0.25) is 5.02 Å². The Hall–Kier alpha value is -3.10. The van der Waals surface area contributed by atoms with Crippen LogP contribution in [0.1, 0.15) is 12.8 Å². The molecule has 166 valence electrons. The quantitative estimate of drug-likeness (QED) is 0.512. The van der Waals surface area contributed by atoms with Crippen LogP contribution in [0.25, 0.3) is 22.6 Å². The molecule has 0 spiro atoms. The smallest absolute Gasteiger partial charge is 0.222 e. The molecule has 3 heterocycles. The molecule has 9 heteroatoms. The van der Waals surface area contributed by atoms with E-state index in [2.05, 4.69) is 43.4 Å². The Bertz CT molecular complexity index is 1150. The number of benzene rings is 1. The number of hydrogen-bond donors (Lipinski definition) is 3. The molecule has 1 aromatic carbocycles. The van der Waals surface area contributed by atoms with Gasteiger partial charge in [-0.25, -0.2) is 9.97 Å². The molecule has 4 N–H and O–H groups in total. The van der Waals surface area contributed by atoms with Gasteiger partial charge in [0.1, 0.15) is 11.3 Å². The maximum Gasteiger partial charge on any atom is 0.222 e. The zero-order valence-electron chi connectivity index (χ0n) is 17.6. The number of aromatic nitrogens is 3. The van der Waals surface area contributed by atoms with Crippen molar-refractivity contribution in [3.8, 4) is 11.4 Å². The van der Waals surface area contributed by atoms with Crippen LogP contribution in [0.5, 0.6) is 0 Å². The molecule has 5 rings (SSSR count). The van der Waals surface area contributed by atoms with Gasteiger partial charge in [-0.3, -0.25) is 4.79 Å². The van der Waals surface area contributed by atoms with Gasteiger partial charge in [0.15, 0.2) is 5.65 Å². The Kier molecular flexibility index (Phi) is 5.71. The van der Waals surface area contributed by atoms with Crippen LogP contribution in [0.3, 0.4) is 0 Å². The second-order valence-electron chi connectivity index (χ2n) is 8.11. The second-order valence-corrected chi connectivity index (χ2v) is 8.52. The van der Waals surface area contributed by atoms with Crippen LogP contribution >= 0.6 is 11.6 Å². The first kappa shape index (κ1) is 20.8. The Morgan fingerprint density at radius 1 is 1.19 bits per heavy atom. The van der Waals surface area contributed by atoms with Crippen LogP contribution in [0.4, 0.5) is 11.4 Å². The van der Waals surface area contributed by atoms with Crippen molar-refractivity contribution in [1.29, 1.82) is 0 Å². The molecule has 2 unspecified atom stereocenters. The van der Waals surface area contributed by atoms with Crippen LogP contribution in [0.15, 0.2) is 42.6 Å². The number of carbonyl (C=O) groups excluding carboxylic acids is 1. The molecular formula is C23H25ClN6O2. The summed E-state index contributed by atoms with van der Waals surface area (Å²) in [7, 11) is 0. The molecule has 3 aromatic rings. The van der Waals surface area contributed by atoms with E-state index in [1.165, 1.54) is 5.69 Å². The number of primary amides is 1. The van der Waals surface area contributed by atoms with E-state index in [1.807, 2.05) is 18.2 Å². The summed E-state index contributed by atoms with van der Waals surface area (Å²) >= 11 is 6.49. The third-order valence-corrected chi connectivity index (χ3v) is 6.40. The van der Waals surface area contributed by atoms with Gasteiger partial charge in [-0.15, -0.1) is 0 Å². The van der Waals surface area contributed by atoms with Gasteiger partial charge in [0.2, 0.25) is 5.91 Å². The van der Waals surface area contributed by atoms with E-state index in [9.17, 15) is 4.79 Å². The fourth-order valence-corrected chi connectivity index (χ4v) is 4.53. The van der Waals surface area contributed by atoms with E-state index >= 15 is 0 Å². The fourth-order valence-electron chi connectivity index (χ4n) is 4.34. The van der Waals surface area contributed by atoms with E-state index in [0.717, 1.165) is 31.9 Å². The summed E-state index contributed by atoms with van der Waals surface area (Å²) < 4.78 is 5.43. The number of amides is 1. The first-order valence-corrected chi connectivity index (χ1v) is 11.2. The predicted molar refractivity (Wildman–Crippen MR) is 126 cm³/mol. The number of imidazole rings is 1. The summed E-state index contributed by atoms with van der Waals surface area (Å²) in [6.07, 6.45) is 6.93. The molecule has 1 aliphatic heterocycles. The highest BCUT2D eigenvalue weighted by Crippen LogP contribution is 2.33. The summed E-state index contributed by atoms with van der Waals surface area (Å²) in [4.78, 5) is 26.6. The minimum absolute atomic E-state index is 0.139. The summed E-state index contributed by atoms with van der Waals surface area (Å²) in [5.41, 5.74) is 9.70. The number of hydrogen-bond acceptors (Lipinski definition) is 6. The van der Waals surface area contributed by atoms with E-state index < -0.39 is 0 Å². The average Bonchev–Trinajstić information content (AvgIpc) is 3.26. The number of ether oxygens (including phenoxy) is 1.